The summed E-state index contributed by atoms with van der Waals surface area (Å²) in [6.45, 7) is 2.29. The van der Waals surface area contributed by atoms with Gasteiger partial charge in [-0.2, -0.15) is 0 Å². The lowest BCUT2D eigenvalue weighted by Crippen LogP contribution is -2.09. The summed E-state index contributed by atoms with van der Waals surface area (Å²) >= 11 is 6.07. The van der Waals surface area contributed by atoms with Crippen LogP contribution < -0.4 is 10.5 Å². The monoisotopic (exact) mass is 262 g/mol. The van der Waals surface area contributed by atoms with E-state index in [1.807, 2.05) is 43.3 Å². The maximum absolute atomic E-state index is 6.07. The first kappa shape index (κ1) is 12.9. The Morgan fingerprint density at radius 3 is 2.78 bits per heavy atom. The van der Waals surface area contributed by atoms with Gasteiger partial charge in [0.25, 0.3) is 0 Å². The third-order valence-electron chi connectivity index (χ3n) is 2.61. The molecule has 0 radical (unpaired) electrons. The SMILES string of the molecule is C[C@H](N)c1cccnc1OCc1ccccc1Cl. The molecule has 1 aromatic heterocycles. The van der Waals surface area contributed by atoms with Crippen molar-refractivity contribution in [3.63, 3.8) is 0 Å². The molecular weight excluding hydrogens is 248 g/mol. The molecule has 0 saturated heterocycles. The van der Waals surface area contributed by atoms with Crippen LogP contribution in [-0.2, 0) is 6.61 Å². The molecule has 0 saturated carbocycles. The third kappa shape index (κ3) is 3.00. The van der Waals surface area contributed by atoms with Gasteiger partial charge in [-0.1, -0.05) is 35.9 Å². The van der Waals surface area contributed by atoms with Crippen LogP contribution in [0.4, 0.5) is 0 Å². The minimum Gasteiger partial charge on any atom is -0.472 e. The Kier molecular flexibility index (Phi) is 4.18. The predicted molar refractivity (Wildman–Crippen MR) is 72.6 cm³/mol. The van der Waals surface area contributed by atoms with E-state index in [0.717, 1.165) is 11.1 Å². The van der Waals surface area contributed by atoms with Crippen molar-refractivity contribution in [1.82, 2.24) is 4.98 Å². The second-order valence-corrected chi connectivity index (χ2v) is 4.47. The molecule has 4 heteroatoms. The molecule has 2 aromatic rings. The van der Waals surface area contributed by atoms with E-state index in [1.165, 1.54) is 0 Å². The molecule has 0 unspecified atom stereocenters. The smallest absolute Gasteiger partial charge is 0.218 e. The van der Waals surface area contributed by atoms with Crippen LogP contribution in [-0.4, -0.2) is 4.98 Å². The molecule has 1 aromatic carbocycles. The van der Waals surface area contributed by atoms with Crippen molar-refractivity contribution in [3.05, 3.63) is 58.7 Å². The molecule has 0 spiro atoms. The highest BCUT2D eigenvalue weighted by atomic mass is 35.5. The van der Waals surface area contributed by atoms with Gasteiger partial charge in [-0.3, -0.25) is 0 Å². The molecule has 2 rings (SSSR count). The maximum atomic E-state index is 6.07. The summed E-state index contributed by atoms with van der Waals surface area (Å²) < 4.78 is 5.69. The molecule has 3 nitrogen and oxygen atoms in total. The number of hydrogen-bond acceptors (Lipinski definition) is 3. The Morgan fingerprint density at radius 1 is 1.28 bits per heavy atom. The third-order valence-corrected chi connectivity index (χ3v) is 2.98. The second kappa shape index (κ2) is 5.85. The van der Waals surface area contributed by atoms with Gasteiger partial charge in [0, 0.05) is 28.4 Å². The Labute approximate surface area is 112 Å². The molecular formula is C14H15ClN2O. The lowest BCUT2D eigenvalue weighted by atomic mass is 10.1. The number of pyridine rings is 1. The Bertz CT molecular complexity index is 529. The number of ether oxygens (including phenoxy) is 1. The first-order valence-corrected chi connectivity index (χ1v) is 6.13. The fourth-order valence-corrected chi connectivity index (χ4v) is 1.82. The van der Waals surface area contributed by atoms with Crippen LogP contribution >= 0.6 is 11.6 Å². The van der Waals surface area contributed by atoms with Crippen LogP contribution in [0.1, 0.15) is 24.1 Å². The minimum absolute atomic E-state index is 0.111. The minimum atomic E-state index is -0.111. The van der Waals surface area contributed by atoms with Gasteiger partial charge in [0.1, 0.15) is 6.61 Å². The molecule has 1 atom stereocenters. The highest BCUT2D eigenvalue weighted by Gasteiger charge is 2.09. The molecule has 0 fully saturated rings. The number of nitrogens with two attached hydrogens (primary N) is 1. The first-order chi connectivity index (χ1) is 8.68. The lowest BCUT2D eigenvalue weighted by Gasteiger charge is -2.12. The Morgan fingerprint density at radius 2 is 2.06 bits per heavy atom. The first-order valence-electron chi connectivity index (χ1n) is 5.75. The van der Waals surface area contributed by atoms with Crippen molar-refractivity contribution in [2.75, 3.05) is 0 Å². The molecule has 0 bridgehead atoms. The van der Waals surface area contributed by atoms with Crippen molar-refractivity contribution in [1.29, 1.82) is 0 Å². The topological polar surface area (TPSA) is 48.1 Å². The number of rotatable bonds is 4. The predicted octanol–water partition coefficient (Wildman–Crippen LogP) is 3.33. The number of hydrogen-bond donors (Lipinski definition) is 1. The van der Waals surface area contributed by atoms with Crippen LogP contribution in [0.5, 0.6) is 5.88 Å². The Hall–Kier alpha value is -1.58. The van der Waals surface area contributed by atoms with Crippen molar-refractivity contribution in [3.8, 4) is 5.88 Å². The summed E-state index contributed by atoms with van der Waals surface area (Å²) in [6.07, 6.45) is 1.69. The highest BCUT2D eigenvalue weighted by molar-refractivity contribution is 6.31. The van der Waals surface area contributed by atoms with Gasteiger partial charge in [0.15, 0.2) is 0 Å². The molecule has 0 aliphatic heterocycles. The summed E-state index contributed by atoms with van der Waals surface area (Å²) in [5.74, 6) is 0.562. The van der Waals surface area contributed by atoms with E-state index in [2.05, 4.69) is 4.98 Å². The number of halogens is 1. The van der Waals surface area contributed by atoms with E-state index in [9.17, 15) is 0 Å². The Balaban J connectivity index is 2.14. The summed E-state index contributed by atoms with van der Waals surface area (Å²) in [7, 11) is 0. The number of aromatic nitrogens is 1. The maximum Gasteiger partial charge on any atom is 0.218 e. The molecule has 0 aliphatic rings. The van der Waals surface area contributed by atoms with Crippen molar-refractivity contribution < 1.29 is 4.74 Å². The van der Waals surface area contributed by atoms with E-state index in [0.29, 0.717) is 17.5 Å². The molecule has 2 N–H and O–H groups in total. The second-order valence-electron chi connectivity index (χ2n) is 4.07. The lowest BCUT2D eigenvalue weighted by molar-refractivity contribution is 0.289. The van der Waals surface area contributed by atoms with Crippen LogP contribution in [0.25, 0.3) is 0 Å². The fourth-order valence-electron chi connectivity index (χ4n) is 1.63. The number of nitrogens with zero attached hydrogens (tertiary/aromatic N) is 1. The van der Waals surface area contributed by atoms with E-state index < -0.39 is 0 Å². The van der Waals surface area contributed by atoms with Gasteiger partial charge >= 0.3 is 0 Å². The molecule has 0 aliphatic carbocycles. The molecule has 94 valence electrons. The normalized spacial score (nSPS) is 12.2. The largest absolute Gasteiger partial charge is 0.472 e. The average Bonchev–Trinajstić information content (AvgIpc) is 2.38. The van der Waals surface area contributed by atoms with Gasteiger partial charge in [0.05, 0.1) is 0 Å². The summed E-state index contributed by atoms with van der Waals surface area (Å²) in [5.41, 5.74) is 7.69. The van der Waals surface area contributed by atoms with Crippen molar-refractivity contribution >= 4 is 11.6 Å². The van der Waals surface area contributed by atoms with Gasteiger partial charge in [-0.25, -0.2) is 4.98 Å². The molecule has 1 heterocycles. The highest BCUT2D eigenvalue weighted by Crippen LogP contribution is 2.23. The fraction of sp³-hybridized carbons (Fsp3) is 0.214. The zero-order chi connectivity index (χ0) is 13.0. The van der Waals surface area contributed by atoms with E-state index >= 15 is 0 Å². The van der Waals surface area contributed by atoms with E-state index in [1.54, 1.807) is 6.20 Å². The zero-order valence-electron chi connectivity index (χ0n) is 10.1. The summed E-state index contributed by atoms with van der Waals surface area (Å²) in [5, 5.41) is 0.691. The van der Waals surface area contributed by atoms with Crippen LogP contribution in [0.15, 0.2) is 42.6 Å². The van der Waals surface area contributed by atoms with Gasteiger partial charge in [-0.05, 0) is 19.1 Å². The average molecular weight is 263 g/mol. The van der Waals surface area contributed by atoms with Gasteiger partial charge in [-0.15, -0.1) is 0 Å². The van der Waals surface area contributed by atoms with Gasteiger partial charge < -0.3 is 10.5 Å². The zero-order valence-corrected chi connectivity index (χ0v) is 10.9. The summed E-state index contributed by atoms with van der Waals surface area (Å²) in [4.78, 5) is 4.20. The standard InChI is InChI=1S/C14H15ClN2O/c1-10(16)12-6-4-8-17-14(12)18-9-11-5-2-3-7-13(11)15/h2-8,10H,9,16H2,1H3/t10-/m0/s1. The van der Waals surface area contributed by atoms with E-state index in [-0.39, 0.29) is 6.04 Å². The quantitative estimate of drug-likeness (QED) is 0.919. The van der Waals surface area contributed by atoms with E-state index in [4.69, 9.17) is 22.1 Å². The van der Waals surface area contributed by atoms with Crippen molar-refractivity contribution in [2.45, 2.75) is 19.6 Å². The summed E-state index contributed by atoms with van der Waals surface area (Å²) in [6, 6.07) is 11.2. The van der Waals surface area contributed by atoms with Crippen LogP contribution in [0, 0.1) is 0 Å². The van der Waals surface area contributed by atoms with Crippen molar-refractivity contribution in [2.24, 2.45) is 5.73 Å². The van der Waals surface area contributed by atoms with Gasteiger partial charge in [0.2, 0.25) is 5.88 Å². The number of benzene rings is 1. The van der Waals surface area contributed by atoms with Crippen LogP contribution in [0.2, 0.25) is 5.02 Å². The van der Waals surface area contributed by atoms with Crippen LogP contribution in [0.3, 0.4) is 0 Å². The molecule has 0 amide bonds. The molecule has 18 heavy (non-hydrogen) atoms.